The van der Waals surface area contributed by atoms with Gasteiger partial charge in [-0.05, 0) is 37.5 Å². The number of likely N-dealkylation sites (tertiary alicyclic amines) is 1. The lowest BCUT2D eigenvalue weighted by atomic mass is 9.83. The van der Waals surface area contributed by atoms with Crippen molar-refractivity contribution >= 4 is 23.2 Å². The first kappa shape index (κ1) is 20.2. The summed E-state index contributed by atoms with van der Waals surface area (Å²) in [7, 11) is 0. The summed E-state index contributed by atoms with van der Waals surface area (Å²) >= 11 is 0. The van der Waals surface area contributed by atoms with E-state index in [9.17, 15) is 14.7 Å². The quantitative estimate of drug-likeness (QED) is 0.824. The number of para-hydroxylation sites is 2. The van der Waals surface area contributed by atoms with Crippen molar-refractivity contribution < 1.29 is 19.4 Å². The van der Waals surface area contributed by atoms with Gasteiger partial charge in [-0.2, -0.15) is 0 Å². The lowest BCUT2D eigenvalue weighted by Gasteiger charge is -2.28. The van der Waals surface area contributed by atoms with Crippen LogP contribution in [-0.4, -0.2) is 47.1 Å². The lowest BCUT2D eigenvalue weighted by molar-refractivity contribution is -0.149. The number of amides is 2. The van der Waals surface area contributed by atoms with E-state index in [1.54, 1.807) is 9.80 Å². The molecule has 5 rings (SSSR count). The van der Waals surface area contributed by atoms with E-state index in [0.29, 0.717) is 13.0 Å². The SMILES string of the molecule is C[C@H]1C[C@@H](CC(=O)N2CCC[C@H]2CO)O[C@]12C(=O)N(c1ccccc1)c1ccccc12. The summed E-state index contributed by atoms with van der Waals surface area (Å²) < 4.78 is 6.51. The number of rotatable bonds is 4. The predicted molar refractivity (Wildman–Crippen MR) is 117 cm³/mol. The Bertz CT molecular complexity index is 994. The van der Waals surface area contributed by atoms with E-state index in [1.165, 1.54) is 0 Å². The van der Waals surface area contributed by atoms with E-state index < -0.39 is 5.60 Å². The molecule has 31 heavy (non-hydrogen) atoms. The van der Waals surface area contributed by atoms with Crippen LogP contribution < -0.4 is 4.90 Å². The van der Waals surface area contributed by atoms with Gasteiger partial charge in [0.15, 0.2) is 5.60 Å². The topological polar surface area (TPSA) is 70.1 Å². The largest absolute Gasteiger partial charge is 0.394 e. The lowest BCUT2D eigenvalue weighted by Crippen LogP contribution is -2.43. The molecule has 3 heterocycles. The van der Waals surface area contributed by atoms with E-state index in [4.69, 9.17) is 4.74 Å². The van der Waals surface area contributed by atoms with Crippen molar-refractivity contribution in [3.63, 3.8) is 0 Å². The van der Waals surface area contributed by atoms with Gasteiger partial charge in [0.25, 0.3) is 5.91 Å². The van der Waals surface area contributed by atoms with Gasteiger partial charge in [-0.15, -0.1) is 0 Å². The Morgan fingerprint density at radius 1 is 1.16 bits per heavy atom. The van der Waals surface area contributed by atoms with Crippen molar-refractivity contribution in [1.82, 2.24) is 4.90 Å². The highest BCUT2D eigenvalue weighted by atomic mass is 16.5. The smallest absolute Gasteiger partial charge is 0.268 e. The third kappa shape index (κ3) is 3.08. The van der Waals surface area contributed by atoms with Gasteiger partial charge in [0.05, 0.1) is 30.9 Å². The molecular formula is C25H28N2O4. The van der Waals surface area contributed by atoms with Gasteiger partial charge in [0.1, 0.15) is 0 Å². The van der Waals surface area contributed by atoms with Crippen molar-refractivity contribution in [2.45, 2.75) is 50.4 Å². The molecule has 0 radical (unpaired) electrons. The summed E-state index contributed by atoms with van der Waals surface area (Å²) in [6.45, 7) is 2.72. The molecule has 0 unspecified atom stereocenters. The minimum Gasteiger partial charge on any atom is -0.394 e. The molecule has 0 bridgehead atoms. The van der Waals surface area contributed by atoms with Crippen molar-refractivity contribution in [2.75, 3.05) is 18.1 Å². The zero-order valence-corrected chi connectivity index (χ0v) is 17.7. The highest BCUT2D eigenvalue weighted by Gasteiger charge is 2.60. The highest BCUT2D eigenvalue weighted by molar-refractivity contribution is 6.12. The molecule has 6 heteroatoms. The Balaban J connectivity index is 1.44. The van der Waals surface area contributed by atoms with E-state index >= 15 is 0 Å². The van der Waals surface area contributed by atoms with Gasteiger partial charge in [0.2, 0.25) is 5.91 Å². The molecule has 6 nitrogen and oxygen atoms in total. The second-order valence-electron chi connectivity index (χ2n) is 8.88. The molecule has 0 saturated carbocycles. The molecule has 2 aromatic carbocycles. The number of fused-ring (bicyclic) bond motifs is 2. The van der Waals surface area contributed by atoms with Gasteiger partial charge in [0, 0.05) is 23.7 Å². The van der Waals surface area contributed by atoms with Crippen LogP contribution in [0.15, 0.2) is 54.6 Å². The molecule has 2 aromatic rings. The molecule has 1 spiro atoms. The number of aliphatic hydroxyl groups excluding tert-OH is 1. The van der Waals surface area contributed by atoms with Gasteiger partial charge < -0.3 is 14.7 Å². The Morgan fingerprint density at radius 3 is 2.68 bits per heavy atom. The first-order valence-electron chi connectivity index (χ1n) is 11.1. The number of hydrogen-bond acceptors (Lipinski definition) is 4. The summed E-state index contributed by atoms with van der Waals surface area (Å²) in [5.74, 6) is -0.138. The van der Waals surface area contributed by atoms with Gasteiger partial charge >= 0.3 is 0 Å². The van der Waals surface area contributed by atoms with Crippen LogP contribution in [0, 0.1) is 5.92 Å². The number of nitrogens with zero attached hydrogens (tertiary/aromatic N) is 2. The zero-order valence-electron chi connectivity index (χ0n) is 17.7. The third-order valence-corrected chi connectivity index (χ3v) is 7.05. The van der Waals surface area contributed by atoms with Crippen LogP contribution in [0.4, 0.5) is 11.4 Å². The predicted octanol–water partition coefficient (Wildman–Crippen LogP) is 3.36. The zero-order chi connectivity index (χ0) is 21.6. The molecule has 3 aliphatic rings. The van der Waals surface area contributed by atoms with Crippen LogP contribution in [0.1, 0.15) is 38.2 Å². The highest BCUT2D eigenvalue weighted by Crippen LogP contribution is 2.55. The van der Waals surface area contributed by atoms with E-state index in [2.05, 4.69) is 0 Å². The molecule has 4 atom stereocenters. The Hall–Kier alpha value is -2.70. The molecule has 0 aromatic heterocycles. The van der Waals surface area contributed by atoms with Crippen LogP contribution in [0.25, 0.3) is 0 Å². The molecule has 0 aliphatic carbocycles. The monoisotopic (exact) mass is 420 g/mol. The average molecular weight is 421 g/mol. The van der Waals surface area contributed by atoms with Crippen LogP contribution in [0.3, 0.4) is 0 Å². The van der Waals surface area contributed by atoms with Crippen LogP contribution >= 0.6 is 0 Å². The Morgan fingerprint density at radius 2 is 1.90 bits per heavy atom. The summed E-state index contributed by atoms with van der Waals surface area (Å²) in [6.07, 6.45) is 2.32. The molecule has 2 saturated heterocycles. The van der Waals surface area contributed by atoms with Crippen LogP contribution in [-0.2, 0) is 19.9 Å². The van der Waals surface area contributed by atoms with Crippen molar-refractivity contribution in [1.29, 1.82) is 0 Å². The summed E-state index contributed by atoms with van der Waals surface area (Å²) in [5, 5.41) is 9.56. The van der Waals surface area contributed by atoms with Crippen molar-refractivity contribution in [2.24, 2.45) is 5.92 Å². The Labute approximate surface area is 182 Å². The molecule has 2 amide bonds. The van der Waals surface area contributed by atoms with Crippen LogP contribution in [0.5, 0.6) is 0 Å². The number of anilines is 2. The number of ether oxygens (including phenoxy) is 1. The Kier molecular flexibility index (Phi) is 5.07. The van der Waals surface area contributed by atoms with Gasteiger partial charge in [-0.1, -0.05) is 43.3 Å². The average Bonchev–Trinajstić information content (AvgIpc) is 3.45. The number of benzene rings is 2. The molecule has 3 aliphatic heterocycles. The first-order chi connectivity index (χ1) is 15.1. The van der Waals surface area contributed by atoms with E-state index in [0.717, 1.165) is 29.8 Å². The minimum absolute atomic E-state index is 0.00412. The summed E-state index contributed by atoms with van der Waals surface area (Å²) in [4.78, 5) is 30.3. The van der Waals surface area contributed by atoms with Crippen molar-refractivity contribution in [3.05, 3.63) is 60.2 Å². The molecule has 2 fully saturated rings. The maximum Gasteiger partial charge on any atom is 0.268 e. The minimum atomic E-state index is -1.07. The number of hydrogen-bond donors (Lipinski definition) is 1. The molecular weight excluding hydrogens is 392 g/mol. The second-order valence-corrected chi connectivity index (χ2v) is 8.88. The number of aliphatic hydroxyl groups is 1. The normalized spacial score (nSPS) is 29.7. The fraction of sp³-hybridized carbons (Fsp3) is 0.440. The maximum atomic E-state index is 13.9. The number of carbonyl (C=O) groups excluding carboxylic acids is 2. The molecule has 1 N–H and O–H groups in total. The van der Waals surface area contributed by atoms with E-state index in [1.807, 2.05) is 61.5 Å². The fourth-order valence-electron chi connectivity index (χ4n) is 5.58. The van der Waals surface area contributed by atoms with Crippen molar-refractivity contribution in [3.8, 4) is 0 Å². The first-order valence-corrected chi connectivity index (χ1v) is 11.1. The van der Waals surface area contributed by atoms with Gasteiger partial charge in [-0.25, -0.2) is 0 Å². The summed E-state index contributed by atoms with van der Waals surface area (Å²) in [5.41, 5.74) is 1.46. The molecule has 162 valence electrons. The standard InChI is InChI=1S/C25H28N2O4/c1-17-14-20(15-23(29)26-13-7-10-19(26)16-28)31-25(17)21-11-5-6-12-22(21)27(24(25)30)18-8-3-2-4-9-18/h2-6,8-9,11-12,17,19-20,28H,7,10,13-16H2,1H3/t17-,19-,20-,25+/m0/s1. The van der Waals surface area contributed by atoms with Crippen LogP contribution in [0.2, 0.25) is 0 Å². The third-order valence-electron chi connectivity index (χ3n) is 7.05. The second kappa shape index (κ2) is 7.77. The van der Waals surface area contributed by atoms with Gasteiger partial charge in [-0.3, -0.25) is 14.5 Å². The van der Waals surface area contributed by atoms with E-state index in [-0.39, 0.29) is 42.9 Å². The maximum absolute atomic E-state index is 13.9. The summed E-state index contributed by atoms with van der Waals surface area (Å²) in [6, 6.07) is 17.3. The number of carbonyl (C=O) groups is 2. The fourth-order valence-corrected chi connectivity index (χ4v) is 5.58.